The number of nitrogens with one attached hydrogen (secondary N) is 1. The molecule has 0 atom stereocenters. The topological polar surface area (TPSA) is 55.1 Å². The summed E-state index contributed by atoms with van der Waals surface area (Å²) in [6.07, 6.45) is 2.96. The van der Waals surface area contributed by atoms with Crippen LogP contribution in [0, 0.1) is 5.82 Å². The molecule has 0 fully saturated rings. The van der Waals surface area contributed by atoms with Gasteiger partial charge in [-0.25, -0.2) is 9.37 Å². The number of carbonyl (C=O) groups excluding carboxylic acids is 1. The van der Waals surface area contributed by atoms with E-state index in [1.807, 2.05) is 0 Å². The van der Waals surface area contributed by atoms with Gasteiger partial charge in [0.15, 0.2) is 12.2 Å². The van der Waals surface area contributed by atoms with Crippen molar-refractivity contribution in [2.75, 3.05) is 0 Å². The molecule has 0 radical (unpaired) electrons. The first-order valence-electron chi connectivity index (χ1n) is 6.84. The number of nitrogens with zero attached hydrogens (tertiary/aromatic N) is 1. The molecule has 1 aromatic heterocycles. The maximum absolute atomic E-state index is 13.2. The van der Waals surface area contributed by atoms with Crippen molar-refractivity contribution in [1.29, 1.82) is 0 Å². The molecule has 116 valence electrons. The summed E-state index contributed by atoms with van der Waals surface area (Å²) >= 11 is 3.33. The summed E-state index contributed by atoms with van der Waals surface area (Å²) < 4.78 is 19.2. The van der Waals surface area contributed by atoms with Crippen LogP contribution in [0.15, 0.2) is 63.9 Å². The van der Waals surface area contributed by atoms with Gasteiger partial charge in [-0.3, -0.25) is 4.79 Å². The Bertz CT molecular complexity index is 817. The third-order valence-electron chi connectivity index (χ3n) is 3.31. The van der Waals surface area contributed by atoms with Crippen LogP contribution in [0.3, 0.4) is 0 Å². The van der Waals surface area contributed by atoms with Crippen LogP contribution in [-0.4, -0.2) is 10.9 Å². The molecule has 1 N–H and O–H groups in total. The number of aromatic nitrogens is 1. The minimum Gasteiger partial charge on any atom is -0.444 e. The predicted octanol–water partition coefficient (Wildman–Crippen LogP) is 4.17. The van der Waals surface area contributed by atoms with Crippen molar-refractivity contribution < 1.29 is 13.6 Å². The minimum atomic E-state index is -0.339. The molecule has 0 saturated carbocycles. The molecular formula is C17H12BrFN2O2. The zero-order valence-electron chi connectivity index (χ0n) is 11.9. The van der Waals surface area contributed by atoms with E-state index >= 15 is 0 Å². The second-order valence-corrected chi connectivity index (χ2v) is 5.72. The second kappa shape index (κ2) is 6.75. The Hall–Kier alpha value is -2.47. The molecule has 6 heteroatoms. The van der Waals surface area contributed by atoms with Crippen LogP contribution in [0.4, 0.5) is 4.39 Å². The monoisotopic (exact) mass is 374 g/mol. The molecule has 0 saturated heterocycles. The smallest absolute Gasteiger partial charge is 0.251 e. The quantitative estimate of drug-likeness (QED) is 0.745. The van der Waals surface area contributed by atoms with Gasteiger partial charge in [0.25, 0.3) is 5.91 Å². The van der Waals surface area contributed by atoms with Crippen LogP contribution in [0.5, 0.6) is 0 Å². The summed E-state index contributed by atoms with van der Waals surface area (Å²) in [5.74, 6) is 0.0692. The Kier molecular flexibility index (Phi) is 4.52. The Morgan fingerprint density at radius 3 is 2.70 bits per heavy atom. The fraction of sp³-hybridized carbons (Fsp3) is 0.0588. The van der Waals surface area contributed by atoms with Gasteiger partial charge in [-0.1, -0.05) is 28.1 Å². The van der Waals surface area contributed by atoms with Crippen LogP contribution >= 0.6 is 15.9 Å². The fourth-order valence-electron chi connectivity index (χ4n) is 2.10. The number of rotatable bonds is 4. The first-order valence-corrected chi connectivity index (χ1v) is 7.64. The number of oxazole rings is 1. The highest BCUT2D eigenvalue weighted by molar-refractivity contribution is 9.10. The summed E-state index contributed by atoms with van der Waals surface area (Å²) in [6, 6.07) is 11.3. The van der Waals surface area contributed by atoms with Gasteiger partial charge in [-0.05, 0) is 35.9 Å². The van der Waals surface area contributed by atoms with Crippen molar-refractivity contribution in [3.8, 4) is 11.3 Å². The summed E-state index contributed by atoms with van der Waals surface area (Å²) in [7, 11) is 0. The molecule has 0 spiro atoms. The Morgan fingerprint density at radius 1 is 1.22 bits per heavy atom. The molecule has 1 heterocycles. The van der Waals surface area contributed by atoms with E-state index in [2.05, 4.69) is 26.2 Å². The maximum atomic E-state index is 13.2. The zero-order valence-corrected chi connectivity index (χ0v) is 13.5. The second-order valence-electron chi connectivity index (χ2n) is 4.86. The highest BCUT2D eigenvalue weighted by atomic mass is 79.9. The normalized spacial score (nSPS) is 10.5. The molecule has 1 amide bonds. The van der Waals surface area contributed by atoms with Crippen LogP contribution in [-0.2, 0) is 6.54 Å². The third kappa shape index (κ3) is 3.65. The number of carbonyl (C=O) groups is 1. The van der Waals surface area contributed by atoms with Gasteiger partial charge >= 0.3 is 0 Å². The first kappa shape index (κ1) is 15.4. The van der Waals surface area contributed by atoms with E-state index in [4.69, 9.17) is 4.42 Å². The van der Waals surface area contributed by atoms with E-state index in [0.29, 0.717) is 16.9 Å². The predicted molar refractivity (Wildman–Crippen MR) is 87.2 cm³/mol. The van der Waals surface area contributed by atoms with Gasteiger partial charge in [0.1, 0.15) is 5.82 Å². The molecule has 0 aliphatic heterocycles. The van der Waals surface area contributed by atoms with Gasteiger partial charge in [-0.2, -0.15) is 0 Å². The molecule has 3 rings (SSSR count). The van der Waals surface area contributed by atoms with Gasteiger partial charge in [0.2, 0.25) is 0 Å². The molecule has 2 aromatic carbocycles. The van der Waals surface area contributed by atoms with Crippen LogP contribution < -0.4 is 5.32 Å². The van der Waals surface area contributed by atoms with E-state index in [1.54, 1.807) is 36.5 Å². The van der Waals surface area contributed by atoms with E-state index < -0.39 is 0 Å². The molecule has 23 heavy (non-hydrogen) atoms. The van der Waals surface area contributed by atoms with Crippen molar-refractivity contribution in [2.45, 2.75) is 6.54 Å². The minimum absolute atomic E-state index is 0.231. The summed E-state index contributed by atoms with van der Waals surface area (Å²) in [5.41, 5.74) is 2.03. The summed E-state index contributed by atoms with van der Waals surface area (Å²) in [5, 5.41) is 2.77. The van der Waals surface area contributed by atoms with Crippen LogP contribution in [0.2, 0.25) is 0 Å². The molecule has 0 aliphatic rings. The maximum Gasteiger partial charge on any atom is 0.251 e. The molecule has 0 bridgehead atoms. The van der Waals surface area contributed by atoms with Crippen LogP contribution in [0.1, 0.15) is 15.9 Å². The average molecular weight is 375 g/mol. The van der Waals surface area contributed by atoms with E-state index in [9.17, 15) is 9.18 Å². The lowest BCUT2D eigenvalue weighted by molar-refractivity contribution is 0.0951. The first-order chi connectivity index (χ1) is 11.1. The van der Waals surface area contributed by atoms with Crippen molar-refractivity contribution in [3.05, 3.63) is 76.5 Å². The third-order valence-corrected chi connectivity index (χ3v) is 4.08. The van der Waals surface area contributed by atoms with E-state index in [0.717, 1.165) is 10.0 Å². The number of halogens is 2. The average Bonchev–Trinajstić information content (AvgIpc) is 3.10. The Morgan fingerprint density at radius 2 is 2.00 bits per heavy atom. The Balaban J connectivity index is 1.67. The van der Waals surface area contributed by atoms with Crippen molar-refractivity contribution in [1.82, 2.24) is 10.3 Å². The standard InChI is InChI=1S/C17H12BrFN2O2/c18-15-6-5-14(19)7-13(15)8-21-17(22)12-3-1-11(2-4-12)16-9-20-10-23-16/h1-7,9-10H,8H2,(H,21,22). The molecule has 3 aromatic rings. The van der Waals surface area contributed by atoms with Crippen LogP contribution in [0.25, 0.3) is 11.3 Å². The van der Waals surface area contributed by atoms with Gasteiger partial charge in [0.05, 0.1) is 6.20 Å². The van der Waals surface area contributed by atoms with E-state index in [1.165, 1.54) is 18.5 Å². The lowest BCUT2D eigenvalue weighted by Gasteiger charge is -2.08. The van der Waals surface area contributed by atoms with Gasteiger partial charge in [0, 0.05) is 22.1 Å². The number of hydrogen-bond acceptors (Lipinski definition) is 3. The summed E-state index contributed by atoms with van der Waals surface area (Å²) in [6.45, 7) is 0.237. The lowest BCUT2D eigenvalue weighted by atomic mass is 10.1. The zero-order chi connectivity index (χ0) is 16.2. The molecular weight excluding hydrogens is 363 g/mol. The number of amides is 1. The molecule has 0 unspecified atom stereocenters. The number of hydrogen-bond donors (Lipinski definition) is 1. The van der Waals surface area contributed by atoms with Crippen molar-refractivity contribution in [3.63, 3.8) is 0 Å². The van der Waals surface area contributed by atoms with Gasteiger partial charge in [-0.15, -0.1) is 0 Å². The van der Waals surface area contributed by atoms with Crippen molar-refractivity contribution in [2.24, 2.45) is 0 Å². The molecule has 4 nitrogen and oxygen atoms in total. The highest BCUT2D eigenvalue weighted by Crippen LogP contribution is 2.20. The molecule has 0 aliphatic carbocycles. The number of benzene rings is 2. The largest absolute Gasteiger partial charge is 0.444 e. The highest BCUT2D eigenvalue weighted by Gasteiger charge is 2.08. The van der Waals surface area contributed by atoms with E-state index in [-0.39, 0.29) is 18.3 Å². The fourth-order valence-corrected chi connectivity index (χ4v) is 2.49. The van der Waals surface area contributed by atoms with Crippen molar-refractivity contribution >= 4 is 21.8 Å². The Labute approximate surface area is 140 Å². The van der Waals surface area contributed by atoms with Gasteiger partial charge < -0.3 is 9.73 Å². The SMILES string of the molecule is O=C(NCc1cc(F)ccc1Br)c1ccc(-c2cnco2)cc1. The lowest BCUT2D eigenvalue weighted by Crippen LogP contribution is -2.23. The summed E-state index contributed by atoms with van der Waals surface area (Å²) in [4.78, 5) is 16.0.